The monoisotopic (exact) mass is 416 g/mol. The van der Waals surface area contributed by atoms with Crippen molar-refractivity contribution in [1.82, 2.24) is 5.32 Å². The molecule has 2 rings (SSSR count). The molecule has 0 bridgehead atoms. The number of para-hydroxylation sites is 1. The number of nitrogens with two attached hydrogens (primary N) is 1. The number of hydrogen-bond donors (Lipinski definition) is 3. The highest BCUT2D eigenvalue weighted by molar-refractivity contribution is 6.33. The first-order valence-corrected chi connectivity index (χ1v) is 9.63. The fourth-order valence-corrected chi connectivity index (χ4v) is 2.72. The summed E-state index contributed by atoms with van der Waals surface area (Å²) in [6.45, 7) is 3.67. The summed E-state index contributed by atoms with van der Waals surface area (Å²) < 4.78 is 0. The summed E-state index contributed by atoms with van der Waals surface area (Å²) in [5, 5.41) is 9.48. The second-order valence-corrected chi connectivity index (χ2v) is 6.85. The van der Waals surface area contributed by atoms with E-state index in [1.165, 1.54) is 5.56 Å². The minimum Gasteiger partial charge on any atom is -0.384 e. The summed E-state index contributed by atoms with van der Waals surface area (Å²) in [6, 6.07) is 14.7. The molecule has 0 radical (unpaired) electrons. The lowest BCUT2D eigenvalue weighted by Crippen LogP contribution is -2.30. The van der Waals surface area contributed by atoms with E-state index in [2.05, 4.69) is 22.7 Å². The fourth-order valence-electron chi connectivity index (χ4n) is 2.54. The topological polar surface area (TPSA) is 106 Å². The predicted octanol–water partition coefficient (Wildman–Crippen LogP) is 3.40. The van der Waals surface area contributed by atoms with Crippen molar-refractivity contribution in [3.8, 4) is 0 Å². The molecule has 2 aromatic carbocycles. The number of halogens is 1. The van der Waals surface area contributed by atoms with E-state index in [4.69, 9.17) is 22.2 Å². The van der Waals surface area contributed by atoms with Crippen molar-refractivity contribution in [2.45, 2.75) is 32.7 Å². The number of anilines is 1. The molecular weight excluding hydrogens is 392 g/mol. The Morgan fingerprint density at radius 2 is 1.83 bits per heavy atom. The lowest BCUT2D eigenvalue weighted by molar-refractivity contribution is -0.126. The molecule has 7 nitrogen and oxygen atoms in total. The Morgan fingerprint density at radius 1 is 1.14 bits per heavy atom. The lowest BCUT2D eigenvalue weighted by Gasteiger charge is -2.14. The number of nitrogens with zero attached hydrogens (tertiary/aromatic N) is 1. The minimum absolute atomic E-state index is 0.0504. The number of carbonyl (C=O) groups excluding carboxylic acids is 2. The van der Waals surface area contributed by atoms with Gasteiger partial charge in [0.05, 0.1) is 23.2 Å². The van der Waals surface area contributed by atoms with Crippen LogP contribution in [0.2, 0.25) is 5.02 Å². The molecule has 0 aliphatic rings. The van der Waals surface area contributed by atoms with E-state index in [1.807, 2.05) is 31.2 Å². The lowest BCUT2D eigenvalue weighted by atomic mass is 10.1. The first-order valence-electron chi connectivity index (χ1n) is 9.26. The second-order valence-electron chi connectivity index (χ2n) is 6.45. The number of oxime groups is 1. The molecule has 0 heterocycles. The molecule has 0 aliphatic carbocycles. The smallest absolute Gasteiger partial charge is 0.261 e. The van der Waals surface area contributed by atoms with Crippen molar-refractivity contribution in [3.05, 3.63) is 64.7 Å². The molecule has 0 spiro atoms. The summed E-state index contributed by atoms with van der Waals surface area (Å²) in [5.41, 5.74) is 8.38. The van der Waals surface area contributed by atoms with E-state index < -0.39 is 5.91 Å². The highest BCUT2D eigenvalue weighted by atomic mass is 35.5. The molecule has 0 saturated carbocycles. The number of hydrogen-bond acceptors (Lipinski definition) is 4. The van der Waals surface area contributed by atoms with Gasteiger partial charge in [-0.05, 0) is 36.6 Å². The number of amides is 2. The number of carbonyl (C=O) groups is 2. The molecule has 8 heteroatoms. The maximum atomic E-state index is 12.0. The number of nitrogens with one attached hydrogen (secondary N) is 2. The van der Waals surface area contributed by atoms with Gasteiger partial charge in [-0.25, -0.2) is 0 Å². The van der Waals surface area contributed by atoms with E-state index in [0.29, 0.717) is 10.7 Å². The number of benzene rings is 2. The molecule has 0 saturated heterocycles. The molecule has 4 N–H and O–H groups in total. The average molecular weight is 417 g/mol. The van der Waals surface area contributed by atoms with Gasteiger partial charge in [-0.3, -0.25) is 9.59 Å². The first-order chi connectivity index (χ1) is 13.9. The van der Waals surface area contributed by atoms with Crippen LogP contribution in [0, 0.1) is 0 Å². The maximum absolute atomic E-state index is 12.0. The molecule has 0 aliphatic heterocycles. The van der Waals surface area contributed by atoms with Gasteiger partial charge in [-0.2, -0.15) is 0 Å². The van der Waals surface area contributed by atoms with Crippen molar-refractivity contribution in [2.24, 2.45) is 10.9 Å². The molecule has 0 fully saturated rings. The average Bonchev–Trinajstić information content (AvgIpc) is 2.69. The van der Waals surface area contributed by atoms with Crippen LogP contribution in [-0.2, 0) is 20.8 Å². The Labute approximate surface area is 175 Å². The van der Waals surface area contributed by atoms with Crippen LogP contribution in [0.15, 0.2) is 53.7 Å². The molecule has 0 aromatic heterocycles. The summed E-state index contributed by atoms with van der Waals surface area (Å²) in [7, 11) is 0. The van der Waals surface area contributed by atoms with Crippen LogP contribution in [0.4, 0.5) is 5.69 Å². The molecule has 29 heavy (non-hydrogen) atoms. The van der Waals surface area contributed by atoms with Crippen LogP contribution in [0.25, 0.3) is 0 Å². The van der Waals surface area contributed by atoms with E-state index >= 15 is 0 Å². The molecule has 1 atom stereocenters. The van der Waals surface area contributed by atoms with Crippen molar-refractivity contribution in [3.63, 3.8) is 0 Å². The Morgan fingerprint density at radius 3 is 2.48 bits per heavy atom. The quantitative estimate of drug-likeness (QED) is 0.331. The van der Waals surface area contributed by atoms with Gasteiger partial charge in [0, 0.05) is 0 Å². The second kappa shape index (κ2) is 11.1. The Bertz CT molecular complexity index is 868. The number of rotatable bonds is 9. The van der Waals surface area contributed by atoms with Crippen LogP contribution in [0.3, 0.4) is 0 Å². The largest absolute Gasteiger partial charge is 0.384 e. The van der Waals surface area contributed by atoms with E-state index in [-0.39, 0.29) is 30.8 Å². The normalized spacial score (nSPS) is 12.2. The zero-order valence-corrected chi connectivity index (χ0v) is 17.2. The molecule has 154 valence electrons. The highest BCUT2D eigenvalue weighted by Crippen LogP contribution is 2.20. The fraction of sp³-hybridized carbons (Fsp3) is 0.286. The minimum atomic E-state index is -0.392. The Balaban J connectivity index is 1.75. The van der Waals surface area contributed by atoms with Crippen molar-refractivity contribution >= 4 is 34.9 Å². The van der Waals surface area contributed by atoms with E-state index in [1.54, 1.807) is 24.3 Å². The molecule has 2 aromatic rings. The third-order valence-corrected chi connectivity index (χ3v) is 4.46. The van der Waals surface area contributed by atoms with Crippen molar-refractivity contribution in [1.29, 1.82) is 0 Å². The number of aryl methyl sites for hydroxylation is 1. The van der Waals surface area contributed by atoms with Gasteiger partial charge in [0.25, 0.3) is 5.91 Å². The predicted molar refractivity (Wildman–Crippen MR) is 115 cm³/mol. The van der Waals surface area contributed by atoms with Crippen LogP contribution in [0.5, 0.6) is 0 Å². The van der Waals surface area contributed by atoms with Gasteiger partial charge in [-0.15, -0.1) is 0 Å². The van der Waals surface area contributed by atoms with Crippen LogP contribution >= 0.6 is 11.6 Å². The SMILES string of the molecule is CCc1ccc(C(C)NC(=O)CO/N=C(/N)CC(=O)Nc2ccccc2Cl)cc1. The van der Waals surface area contributed by atoms with Crippen LogP contribution in [0.1, 0.15) is 37.4 Å². The summed E-state index contributed by atoms with van der Waals surface area (Å²) in [5.74, 6) is -0.781. The van der Waals surface area contributed by atoms with Gasteiger partial charge < -0.3 is 21.2 Å². The van der Waals surface area contributed by atoms with E-state index in [0.717, 1.165) is 12.0 Å². The summed E-state index contributed by atoms with van der Waals surface area (Å²) >= 11 is 5.98. The standard InChI is InChI=1S/C21H25ClN4O3/c1-3-15-8-10-16(11-9-15)14(2)24-21(28)13-29-26-19(23)12-20(27)25-18-7-5-4-6-17(18)22/h4-11,14H,3,12-13H2,1-2H3,(H2,23,26)(H,24,28)(H,25,27). The summed E-state index contributed by atoms with van der Waals surface area (Å²) in [4.78, 5) is 28.9. The van der Waals surface area contributed by atoms with Crippen LogP contribution in [-0.4, -0.2) is 24.3 Å². The van der Waals surface area contributed by atoms with Gasteiger partial charge >= 0.3 is 0 Å². The van der Waals surface area contributed by atoms with Crippen LogP contribution < -0.4 is 16.4 Å². The molecule has 2 amide bonds. The highest BCUT2D eigenvalue weighted by Gasteiger charge is 2.11. The third-order valence-electron chi connectivity index (χ3n) is 4.13. The van der Waals surface area contributed by atoms with Gasteiger partial charge in [0.1, 0.15) is 5.84 Å². The third kappa shape index (κ3) is 7.46. The van der Waals surface area contributed by atoms with Gasteiger partial charge in [0.15, 0.2) is 6.61 Å². The van der Waals surface area contributed by atoms with Gasteiger partial charge in [-0.1, -0.05) is 60.1 Å². The van der Waals surface area contributed by atoms with Gasteiger partial charge in [0.2, 0.25) is 5.91 Å². The maximum Gasteiger partial charge on any atom is 0.261 e. The molecule has 1 unspecified atom stereocenters. The molecular formula is C21H25ClN4O3. The zero-order valence-electron chi connectivity index (χ0n) is 16.4. The first kappa shape index (κ1) is 22.2. The zero-order chi connectivity index (χ0) is 21.2. The number of amidine groups is 1. The van der Waals surface area contributed by atoms with Crippen molar-refractivity contribution in [2.75, 3.05) is 11.9 Å². The summed E-state index contributed by atoms with van der Waals surface area (Å²) in [6.07, 6.45) is 0.776. The Hall–Kier alpha value is -3.06. The Kier molecular flexibility index (Phi) is 8.48. The van der Waals surface area contributed by atoms with Crippen molar-refractivity contribution < 1.29 is 14.4 Å². The van der Waals surface area contributed by atoms with E-state index in [9.17, 15) is 9.59 Å².